The molecule has 0 amide bonds. The zero-order valence-electron chi connectivity index (χ0n) is 8.23. The largest absolute Gasteiger partial charge is 0.476 e. The van der Waals surface area contributed by atoms with Crippen LogP contribution in [0.2, 0.25) is 0 Å². The van der Waals surface area contributed by atoms with E-state index in [0.717, 1.165) is 12.4 Å². The fraction of sp³-hybridized carbons (Fsp3) is 0.667. The monoisotopic (exact) mass is 183 g/mol. The Hall–Kier alpha value is -1.03. The molecule has 0 aliphatic carbocycles. The Balaban J connectivity index is 2.55. The van der Waals surface area contributed by atoms with Gasteiger partial charge < -0.3 is 10.5 Å². The number of ether oxygens (including phenoxy) is 1. The molecule has 0 aromatic carbocycles. The van der Waals surface area contributed by atoms with Gasteiger partial charge in [0, 0.05) is 19.2 Å². The average molecular weight is 183 g/mol. The molecule has 0 saturated heterocycles. The Morgan fingerprint density at radius 1 is 1.62 bits per heavy atom. The van der Waals surface area contributed by atoms with Crippen molar-refractivity contribution in [2.75, 3.05) is 13.2 Å². The minimum Gasteiger partial charge on any atom is -0.476 e. The minimum atomic E-state index is 0.535. The molecule has 1 aromatic heterocycles. The lowest BCUT2D eigenvalue weighted by molar-refractivity contribution is 0.284. The summed E-state index contributed by atoms with van der Waals surface area (Å²) < 4.78 is 7.26. The number of hydrogen-bond donors (Lipinski definition) is 1. The van der Waals surface area contributed by atoms with Gasteiger partial charge in [0.05, 0.1) is 6.20 Å². The summed E-state index contributed by atoms with van der Waals surface area (Å²) in [6, 6.07) is 1.86. The highest BCUT2D eigenvalue weighted by Crippen LogP contribution is 2.11. The van der Waals surface area contributed by atoms with Crippen LogP contribution in [0.5, 0.6) is 5.88 Å². The minimum absolute atomic E-state index is 0.535. The van der Waals surface area contributed by atoms with Crippen LogP contribution in [0.4, 0.5) is 0 Å². The maximum atomic E-state index is 5.40. The second-order valence-corrected chi connectivity index (χ2v) is 3.38. The Bertz CT molecular complexity index is 245. The molecule has 0 radical (unpaired) electrons. The zero-order chi connectivity index (χ0) is 9.68. The van der Waals surface area contributed by atoms with Crippen LogP contribution in [-0.2, 0) is 6.54 Å². The smallest absolute Gasteiger partial charge is 0.211 e. The molecule has 1 aromatic rings. The standard InChI is InChI=1S/C9H17N3O/c1-8(2)7-12-9(3-5-11-12)13-6-4-10/h3,5,8H,4,6-7,10H2,1-2H3. The summed E-state index contributed by atoms with van der Waals surface area (Å²) in [5.41, 5.74) is 5.34. The van der Waals surface area contributed by atoms with E-state index < -0.39 is 0 Å². The van der Waals surface area contributed by atoms with Gasteiger partial charge in [-0.2, -0.15) is 5.10 Å². The van der Waals surface area contributed by atoms with Crippen molar-refractivity contribution in [3.63, 3.8) is 0 Å². The van der Waals surface area contributed by atoms with Gasteiger partial charge in [0.15, 0.2) is 0 Å². The van der Waals surface area contributed by atoms with Gasteiger partial charge in [-0.05, 0) is 5.92 Å². The zero-order valence-corrected chi connectivity index (χ0v) is 8.23. The molecule has 1 rings (SSSR count). The van der Waals surface area contributed by atoms with Crippen LogP contribution in [0.3, 0.4) is 0 Å². The van der Waals surface area contributed by atoms with Crippen molar-refractivity contribution in [2.24, 2.45) is 11.7 Å². The van der Waals surface area contributed by atoms with E-state index in [1.54, 1.807) is 6.20 Å². The normalized spacial score (nSPS) is 10.8. The van der Waals surface area contributed by atoms with Gasteiger partial charge in [-0.3, -0.25) is 0 Å². The van der Waals surface area contributed by atoms with E-state index in [9.17, 15) is 0 Å². The number of nitrogens with two attached hydrogens (primary N) is 1. The van der Waals surface area contributed by atoms with Gasteiger partial charge >= 0.3 is 0 Å². The third kappa shape index (κ3) is 3.06. The van der Waals surface area contributed by atoms with Gasteiger partial charge in [0.2, 0.25) is 5.88 Å². The summed E-state index contributed by atoms with van der Waals surface area (Å²) in [6.07, 6.45) is 1.74. The van der Waals surface area contributed by atoms with Gasteiger partial charge in [0.1, 0.15) is 6.61 Å². The summed E-state index contributed by atoms with van der Waals surface area (Å²) in [5.74, 6) is 1.37. The molecule has 4 heteroatoms. The molecule has 2 N–H and O–H groups in total. The molecule has 4 nitrogen and oxygen atoms in total. The molecule has 0 atom stereocenters. The molecule has 13 heavy (non-hydrogen) atoms. The molecule has 74 valence electrons. The van der Waals surface area contributed by atoms with Crippen molar-refractivity contribution in [3.05, 3.63) is 12.3 Å². The first-order chi connectivity index (χ1) is 6.24. The van der Waals surface area contributed by atoms with Crippen LogP contribution < -0.4 is 10.5 Å². The summed E-state index contributed by atoms with van der Waals surface area (Å²) in [5, 5.41) is 4.16. The third-order valence-electron chi connectivity index (χ3n) is 1.58. The molecule has 0 saturated carbocycles. The third-order valence-corrected chi connectivity index (χ3v) is 1.58. The maximum absolute atomic E-state index is 5.40. The Kier molecular flexibility index (Phi) is 3.76. The molecule has 0 unspecified atom stereocenters. The van der Waals surface area contributed by atoms with Crippen LogP contribution in [0.15, 0.2) is 12.3 Å². The first-order valence-electron chi connectivity index (χ1n) is 4.58. The van der Waals surface area contributed by atoms with Gasteiger partial charge in [-0.25, -0.2) is 4.68 Å². The van der Waals surface area contributed by atoms with Crippen molar-refractivity contribution in [3.8, 4) is 5.88 Å². The highest BCUT2D eigenvalue weighted by molar-refractivity contribution is 5.07. The second kappa shape index (κ2) is 4.87. The topological polar surface area (TPSA) is 53.1 Å². The summed E-state index contributed by atoms with van der Waals surface area (Å²) in [4.78, 5) is 0. The lowest BCUT2D eigenvalue weighted by Crippen LogP contribution is -2.14. The van der Waals surface area contributed by atoms with Crippen molar-refractivity contribution in [1.82, 2.24) is 9.78 Å². The van der Waals surface area contributed by atoms with E-state index in [1.165, 1.54) is 0 Å². The van der Waals surface area contributed by atoms with Crippen molar-refractivity contribution in [1.29, 1.82) is 0 Å². The Labute approximate surface area is 78.7 Å². The molecule has 0 aliphatic rings. The number of aromatic nitrogens is 2. The van der Waals surface area contributed by atoms with Crippen LogP contribution in [-0.4, -0.2) is 22.9 Å². The van der Waals surface area contributed by atoms with Gasteiger partial charge in [-0.15, -0.1) is 0 Å². The van der Waals surface area contributed by atoms with Gasteiger partial charge in [0.25, 0.3) is 0 Å². The predicted octanol–water partition coefficient (Wildman–Crippen LogP) is 0.877. The number of nitrogens with zero attached hydrogens (tertiary/aromatic N) is 2. The quantitative estimate of drug-likeness (QED) is 0.737. The number of rotatable bonds is 5. The van der Waals surface area contributed by atoms with Crippen molar-refractivity contribution in [2.45, 2.75) is 20.4 Å². The van der Waals surface area contributed by atoms with E-state index in [1.807, 2.05) is 10.7 Å². The molecule has 0 spiro atoms. The fourth-order valence-electron chi connectivity index (χ4n) is 1.09. The summed E-state index contributed by atoms with van der Waals surface area (Å²) >= 11 is 0. The van der Waals surface area contributed by atoms with E-state index in [0.29, 0.717) is 19.1 Å². The fourth-order valence-corrected chi connectivity index (χ4v) is 1.09. The highest BCUT2D eigenvalue weighted by atomic mass is 16.5. The Morgan fingerprint density at radius 3 is 3.00 bits per heavy atom. The van der Waals surface area contributed by atoms with E-state index >= 15 is 0 Å². The average Bonchev–Trinajstić information content (AvgIpc) is 2.48. The predicted molar refractivity (Wildman–Crippen MR) is 51.6 cm³/mol. The first-order valence-corrected chi connectivity index (χ1v) is 4.58. The van der Waals surface area contributed by atoms with E-state index in [4.69, 9.17) is 10.5 Å². The Morgan fingerprint density at radius 2 is 2.38 bits per heavy atom. The second-order valence-electron chi connectivity index (χ2n) is 3.38. The molecule has 0 aliphatic heterocycles. The van der Waals surface area contributed by atoms with Crippen LogP contribution in [0.25, 0.3) is 0 Å². The summed E-state index contributed by atoms with van der Waals surface area (Å²) in [6.45, 7) is 6.26. The molecular formula is C9H17N3O. The van der Waals surface area contributed by atoms with Crippen LogP contribution in [0.1, 0.15) is 13.8 Å². The van der Waals surface area contributed by atoms with E-state index in [2.05, 4.69) is 18.9 Å². The first kappa shape index (κ1) is 10.1. The lowest BCUT2D eigenvalue weighted by atomic mass is 10.2. The molecule has 0 bridgehead atoms. The van der Waals surface area contributed by atoms with Gasteiger partial charge in [-0.1, -0.05) is 13.8 Å². The molecule has 1 heterocycles. The highest BCUT2D eigenvalue weighted by Gasteiger charge is 2.04. The van der Waals surface area contributed by atoms with Crippen LogP contribution in [0, 0.1) is 5.92 Å². The SMILES string of the molecule is CC(C)Cn1nccc1OCCN. The van der Waals surface area contributed by atoms with E-state index in [-0.39, 0.29) is 0 Å². The van der Waals surface area contributed by atoms with Crippen LogP contribution >= 0.6 is 0 Å². The number of hydrogen-bond acceptors (Lipinski definition) is 3. The molecular weight excluding hydrogens is 166 g/mol. The maximum Gasteiger partial charge on any atom is 0.211 e. The van der Waals surface area contributed by atoms with Crippen molar-refractivity contribution < 1.29 is 4.74 Å². The molecule has 0 fully saturated rings. The summed E-state index contributed by atoms with van der Waals surface area (Å²) in [7, 11) is 0. The lowest BCUT2D eigenvalue weighted by Gasteiger charge is -2.09. The van der Waals surface area contributed by atoms with Crippen molar-refractivity contribution >= 4 is 0 Å².